The predicted molar refractivity (Wildman–Crippen MR) is 68.8 cm³/mol. The Morgan fingerprint density at radius 2 is 1.75 bits per heavy atom. The number of hydrogen-bond acceptors (Lipinski definition) is 2. The molecule has 1 atom stereocenters. The largest absolute Gasteiger partial charge is 0.402 e. The van der Waals surface area contributed by atoms with Gasteiger partial charge >= 0.3 is 12.4 Å². The minimum atomic E-state index is -5.33. The van der Waals surface area contributed by atoms with E-state index in [1.54, 1.807) is 5.38 Å². The fourth-order valence-electron chi connectivity index (χ4n) is 1.89. The molecule has 20 heavy (non-hydrogen) atoms. The van der Waals surface area contributed by atoms with Gasteiger partial charge in [0, 0.05) is 20.8 Å². The van der Waals surface area contributed by atoms with Crippen molar-refractivity contribution >= 4 is 27.3 Å². The van der Waals surface area contributed by atoms with E-state index in [-0.39, 0.29) is 13.0 Å². The van der Waals surface area contributed by atoms with Gasteiger partial charge in [0.2, 0.25) is 0 Å². The molecule has 1 rings (SSSR count). The molecule has 0 bridgehead atoms. The molecule has 0 aliphatic carbocycles. The minimum absolute atomic E-state index is 0.0277. The van der Waals surface area contributed by atoms with Crippen LogP contribution in [0.1, 0.15) is 11.8 Å². The van der Waals surface area contributed by atoms with Crippen LogP contribution in [0.15, 0.2) is 15.9 Å². The molecule has 116 valence electrons. The Hall–Kier alpha value is -0.280. The lowest BCUT2D eigenvalue weighted by atomic mass is 9.94. The van der Waals surface area contributed by atoms with E-state index in [0.717, 1.165) is 11.3 Å². The van der Waals surface area contributed by atoms with Crippen molar-refractivity contribution in [2.75, 3.05) is 6.54 Å². The van der Waals surface area contributed by atoms with Crippen molar-refractivity contribution in [1.29, 1.82) is 0 Å². The van der Waals surface area contributed by atoms with Gasteiger partial charge in [0.1, 0.15) is 0 Å². The highest BCUT2D eigenvalue weighted by atomic mass is 79.9. The van der Waals surface area contributed by atoms with Crippen molar-refractivity contribution in [3.8, 4) is 0 Å². The fraction of sp³-hybridized carbons (Fsp3) is 0.636. The molecule has 0 aliphatic heterocycles. The van der Waals surface area contributed by atoms with Crippen molar-refractivity contribution in [3.05, 3.63) is 20.8 Å². The average molecular weight is 384 g/mol. The van der Waals surface area contributed by atoms with E-state index in [9.17, 15) is 26.3 Å². The molecule has 0 saturated carbocycles. The predicted octanol–water partition coefficient (Wildman–Crippen LogP) is 4.77. The van der Waals surface area contributed by atoms with Gasteiger partial charge in [0.05, 0.1) is 0 Å². The highest BCUT2D eigenvalue weighted by Crippen LogP contribution is 2.42. The van der Waals surface area contributed by atoms with Gasteiger partial charge in [-0.15, -0.1) is 11.3 Å². The van der Waals surface area contributed by atoms with E-state index in [1.165, 1.54) is 13.0 Å². The monoisotopic (exact) mass is 383 g/mol. The molecule has 0 amide bonds. The zero-order valence-electron chi connectivity index (χ0n) is 10.3. The number of nitrogens with one attached hydrogen (secondary N) is 1. The summed E-state index contributed by atoms with van der Waals surface area (Å²) in [5.41, 5.74) is 0. The molecule has 0 saturated heterocycles. The van der Waals surface area contributed by atoms with E-state index in [4.69, 9.17) is 0 Å². The number of rotatable bonds is 5. The van der Waals surface area contributed by atoms with Gasteiger partial charge < -0.3 is 5.32 Å². The second kappa shape index (κ2) is 6.65. The molecule has 1 unspecified atom stereocenters. The van der Waals surface area contributed by atoms with Crippen molar-refractivity contribution in [1.82, 2.24) is 5.32 Å². The number of alkyl halides is 6. The van der Waals surface area contributed by atoms with Crippen LogP contribution in [0.25, 0.3) is 0 Å². The third-order valence-electron chi connectivity index (χ3n) is 2.62. The summed E-state index contributed by atoms with van der Waals surface area (Å²) in [5.74, 6) is -3.38. The van der Waals surface area contributed by atoms with Crippen molar-refractivity contribution < 1.29 is 26.3 Å². The molecule has 1 nitrogen and oxygen atoms in total. The molecule has 0 spiro atoms. The molecule has 1 aromatic rings. The molecule has 0 aliphatic rings. The van der Waals surface area contributed by atoms with Crippen LogP contribution in [-0.2, 0) is 6.42 Å². The molecule has 1 N–H and O–H groups in total. The molecule has 9 heteroatoms. The average Bonchev–Trinajstić information content (AvgIpc) is 2.59. The SMILES string of the molecule is CCNC(Cc1cc(Br)cs1)C(C(F)(F)F)C(F)(F)F. The van der Waals surface area contributed by atoms with Crippen LogP contribution in [0.2, 0.25) is 0 Å². The van der Waals surface area contributed by atoms with Gasteiger partial charge in [-0.1, -0.05) is 6.92 Å². The fourth-order valence-corrected chi connectivity index (χ4v) is 3.40. The molecule has 0 radical (unpaired) electrons. The van der Waals surface area contributed by atoms with E-state index in [0.29, 0.717) is 9.35 Å². The lowest BCUT2D eigenvalue weighted by Gasteiger charge is -2.31. The summed E-state index contributed by atoms with van der Waals surface area (Å²) in [7, 11) is 0. The van der Waals surface area contributed by atoms with Gasteiger partial charge in [-0.25, -0.2) is 0 Å². The summed E-state index contributed by atoms with van der Waals surface area (Å²) in [6.45, 7) is 1.50. The molecule has 1 heterocycles. The summed E-state index contributed by atoms with van der Waals surface area (Å²) in [4.78, 5) is 0.460. The van der Waals surface area contributed by atoms with Gasteiger partial charge in [-0.3, -0.25) is 0 Å². The topological polar surface area (TPSA) is 12.0 Å². The van der Waals surface area contributed by atoms with Gasteiger partial charge in [0.25, 0.3) is 0 Å². The van der Waals surface area contributed by atoms with Crippen molar-refractivity contribution in [2.24, 2.45) is 5.92 Å². The maximum absolute atomic E-state index is 12.7. The molecule has 0 fully saturated rings. The molecule has 1 aromatic heterocycles. The summed E-state index contributed by atoms with van der Waals surface area (Å²) < 4.78 is 77.0. The highest BCUT2D eigenvalue weighted by Gasteiger charge is 2.59. The Bertz CT molecular complexity index is 413. The van der Waals surface area contributed by atoms with Crippen molar-refractivity contribution in [3.63, 3.8) is 0 Å². The normalized spacial score (nSPS) is 14.8. The third kappa shape index (κ3) is 4.92. The van der Waals surface area contributed by atoms with Crippen molar-refractivity contribution in [2.45, 2.75) is 31.7 Å². The number of hydrogen-bond donors (Lipinski definition) is 1. The van der Waals surface area contributed by atoms with Crippen LogP contribution in [0.5, 0.6) is 0 Å². The van der Waals surface area contributed by atoms with Crippen LogP contribution < -0.4 is 5.32 Å². The van der Waals surface area contributed by atoms with Crippen LogP contribution in [0.3, 0.4) is 0 Å². The summed E-state index contributed by atoms with van der Waals surface area (Å²) >= 11 is 4.24. The number of thiophene rings is 1. The van der Waals surface area contributed by atoms with Gasteiger partial charge in [-0.2, -0.15) is 26.3 Å². The van der Waals surface area contributed by atoms with E-state index >= 15 is 0 Å². The first-order valence-electron chi connectivity index (χ1n) is 5.65. The maximum atomic E-state index is 12.7. The van der Waals surface area contributed by atoms with Crippen LogP contribution in [0, 0.1) is 5.92 Å². The first-order valence-corrected chi connectivity index (χ1v) is 7.32. The second-order valence-electron chi connectivity index (χ2n) is 4.16. The Kier molecular flexibility index (Phi) is 5.91. The molecular formula is C11H12BrF6NS. The van der Waals surface area contributed by atoms with Gasteiger partial charge in [-0.05, 0) is 35.0 Å². The summed E-state index contributed by atoms with van der Waals surface area (Å²) in [5, 5.41) is 3.92. The summed E-state index contributed by atoms with van der Waals surface area (Å²) in [6, 6.07) is -0.204. The third-order valence-corrected chi connectivity index (χ3v) is 4.34. The zero-order chi connectivity index (χ0) is 15.6. The Morgan fingerprint density at radius 1 is 1.20 bits per heavy atom. The van der Waals surface area contributed by atoms with Crippen LogP contribution >= 0.6 is 27.3 Å². The Balaban J connectivity index is 3.02. The highest BCUT2D eigenvalue weighted by molar-refractivity contribution is 9.10. The lowest BCUT2D eigenvalue weighted by Crippen LogP contribution is -2.51. The van der Waals surface area contributed by atoms with Crippen LogP contribution in [-0.4, -0.2) is 24.9 Å². The van der Waals surface area contributed by atoms with E-state index in [1.807, 2.05) is 0 Å². The summed E-state index contributed by atoms with van der Waals surface area (Å²) in [6.07, 6.45) is -11.0. The minimum Gasteiger partial charge on any atom is -0.313 e. The Morgan fingerprint density at radius 3 is 2.10 bits per heavy atom. The lowest BCUT2D eigenvalue weighted by molar-refractivity contribution is -0.291. The maximum Gasteiger partial charge on any atom is 0.402 e. The standard InChI is InChI=1S/C11H12BrF6NS/c1-2-19-8(4-7-3-6(12)5-20-7)9(10(13,14)15)11(16,17)18/h3,5,8-9,19H,2,4H2,1H3. The molecule has 0 aromatic carbocycles. The smallest absolute Gasteiger partial charge is 0.313 e. The van der Waals surface area contributed by atoms with Gasteiger partial charge in [0.15, 0.2) is 5.92 Å². The quantitative estimate of drug-likeness (QED) is 0.722. The second-order valence-corrected chi connectivity index (χ2v) is 6.07. The zero-order valence-corrected chi connectivity index (χ0v) is 12.7. The Labute approximate surface area is 124 Å². The first kappa shape index (κ1) is 17.8. The number of likely N-dealkylation sites (N-methyl/N-ethyl adjacent to an activating group) is 1. The first-order chi connectivity index (χ1) is 9.05. The van der Waals surface area contributed by atoms with Crippen LogP contribution in [0.4, 0.5) is 26.3 Å². The van der Waals surface area contributed by atoms with E-state index in [2.05, 4.69) is 21.2 Å². The van der Waals surface area contributed by atoms with E-state index < -0.39 is 24.3 Å². The number of halogens is 7. The molecular weight excluding hydrogens is 372 g/mol.